The molecule has 0 fully saturated rings. The molecule has 1 atom stereocenters. The maximum atomic E-state index is 2.53. The Labute approximate surface area is 183 Å². The maximum Gasteiger partial charge on any atom is 0.0537 e. The van der Waals surface area contributed by atoms with Crippen LogP contribution in [-0.2, 0) is 0 Å². The van der Waals surface area contributed by atoms with Gasteiger partial charge in [-0.05, 0) is 38.3 Å². The fourth-order valence-corrected chi connectivity index (χ4v) is 4.38. The minimum Gasteiger partial charge on any atom is -0.347 e. The molecular formula is C28H51N. The monoisotopic (exact) mass is 401 g/mol. The quantitative estimate of drug-likeness (QED) is 0.151. The Morgan fingerprint density at radius 1 is 0.655 bits per heavy atom. The highest BCUT2D eigenvalue weighted by atomic mass is 15.0. The van der Waals surface area contributed by atoms with Gasteiger partial charge in [0.05, 0.1) is 6.04 Å². The van der Waals surface area contributed by atoms with E-state index in [1.54, 1.807) is 5.57 Å². The SMILES string of the molecule is CCCCCCCCCCCCCC=C(C)C(CCCCCCC)n1cccc1. The summed E-state index contributed by atoms with van der Waals surface area (Å²) in [5.74, 6) is 0. The van der Waals surface area contributed by atoms with E-state index in [1.165, 1.54) is 116 Å². The van der Waals surface area contributed by atoms with E-state index in [0.717, 1.165) is 0 Å². The molecule has 29 heavy (non-hydrogen) atoms. The summed E-state index contributed by atoms with van der Waals surface area (Å²) in [4.78, 5) is 0. The Bertz CT molecular complexity index is 471. The van der Waals surface area contributed by atoms with Crippen molar-refractivity contribution in [2.24, 2.45) is 0 Å². The zero-order valence-electron chi connectivity index (χ0n) is 20.1. The van der Waals surface area contributed by atoms with Crippen LogP contribution in [0.2, 0.25) is 0 Å². The van der Waals surface area contributed by atoms with Gasteiger partial charge in [-0.1, -0.05) is 122 Å². The van der Waals surface area contributed by atoms with Crippen LogP contribution in [0.1, 0.15) is 142 Å². The lowest BCUT2D eigenvalue weighted by atomic mass is 9.98. The lowest BCUT2D eigenvalue weighted by molar-refractivity contribution is 0.487. The molecule has 1 heterocycles. The Morgan fingerprint density at radius 3 is 1.62 bits per heavy atom. The summed E-state index contributed by atoms with van der Waals surface area (Å²) in [7, 11) is 0. The van der Waals surface area contributed by atoms with Crippen LogP contribution >= 0.6 is 0 Å². The molecule has 0 amide bonds. The van der Waals surface area contributed by atoms with E-state index in [-0.39, 0.29) is 0 Å². The molecule has 1 aromatic heterocycles. The van der Waals surface area contributed by atoms with Crippen molar-refractivity contribution in [3.05, 3.63) is 36.2 Å². The largest absolute Gasteiger partial charge is 0.347 e. The van der Waals surface area contributed by atoms with Gasteiger partial charge in [0, 0.05) is 12.4 Å². The standard InChI is InChI=1S/C28H51N/c1-4-6-8-10-11-12-13-14-15-16-18-19-23-27(3)28(29-25-21-22-26-29)24-20-17-9-7-5-2/h21-23,25-26,28H,4-20,24H2,1-3H3. The third-order valence-corrected chi connectivity index (χ3v) is 6.37. The zero-order valence-corrected chi connectivity index (χ0v) is 20.1. The number of rotatable bonds is 20. The predicted octanol–water partition coefficient (Wildman–Crippen LogP) is 10.0. The summed E-state index contributed by atoms with van der Waals surface area (Å²) in [5, 5.41) is 0. The number of hydrogen-bond donors (Lipinski definition) is 0. The molecule has 0 aliphatic carbocycles. The van der Waals surface area contributed by atoms with E-state index < -0.39 is 0 Å². The molecule has 0 aliphatic rings. The van der Waals surface area contributed by atoms with Crippen molar-refractivity contribution in [2.75, 3.05) is 0 Å². The van der Waals surface area contributed by atoms with Crippen molar-refractivity contribution in [1.29, 1.82) is 0 Å². The Balaban J connectivity index is 2.16. The van der Waals surface area contributed by atoms with Crippen LogP contribution in [-0.4, -0.2) is 4.57 Å². The maximum absolute atomic E-state index is 2.53. The third kappa shape index (κ3) is 13.8. The van der Waals surface area contributed by atoms with Gasteiger partial charge in [0.2, 0.25) is 0 Å². The lowest BCUT2D eigenvalue weighted by Gasteiger charge is -2.20. The Kier molecular flexibility index (Phi) is 17.1. The summed E-state index contributed by atoms with van der Waals surface area (Å²) in [6.07, 6.45) is 32.1. The van der Waals surface area contributed by atoms with Crippen LogP contribution in [0.5, 0.6) is 0 Å². The number of unbranched alkanes of at least 4 members (excludes halogenated alkanes) is 15. The third-order valence-electron chi connectivity index (χ3n) is 6.37. The average Bonchev–Trinajstić information content (AvgIpc) is 3.25. The van der Waals surface area contributed by atoms with E-state index in [2.05, 4.69) is 55.9 Å². The van der Waals surface area contributed by atoms with Crippen molar-refractivity contribution in [3.8, 4) is 0 Å². The molecule has 0 spiro atoms. The van der Waals surface area contributed by atoms with Crippen LogP contribution in [0.25, 0.3) is 0 Å². The Hall–Kier alpha value is -0.980. The summed E-state index contributed by atoms with van der Waals surface area (Å²) in [5.41, 5.74) is 1.57. The molecule has 1 rings (SSSR count). The Morgan fingerprint density at radius 2 is 1.10 bits per heavy atom. The van der Waals surface area contributed by atoms with Gasteiger partial charge in [0.15, 0.2) is 0 Å². The van der Waals surface area contributed by atoms with Gasteiger partial charge in [-0.3, -0.25) is 0 Å². The zero-order chi connectivity index (χ0) is 21.0. The molecule has 1 aromatic rings. The highest BCUT2D eigenvalue weighted by molar-refractivity contribution is 5.09. The topological polar surface area (TPSA) is 4.93 Å². The first-order chi connectivity index (χ1) is 14.3. The predicted molar refractivity (Wildman–Crippen MR) is 132 cm³/mol. The molecule has 1 nitrogen and oxygen atoms in total. The summed E-state index contributed by atoms with van der Waals surface area (Å²) < 4.78 is 2.42. The van der Waals surface area contributed by atoms with Crippen LogP contribution in [0, 0.1) is 0 Å². The first-order valence-corrected chi connectivity index (χ1v) is 13.1. The first kappa shape index (κ1) is 26.1. The molecule has 0 radical (unpaired) electrons. The second kappa shape index (κ2) is 19.0. The molecule has 0 aliphatic heterocycles. The molecule has 1 heteroatoms. The van der Waals surface area contributed by atoms with Gasteiger partial charge in [-0.15, -0.1) is 0 Å². The molecule has 0 bridgehead atoms. The van der Waals surface area contributed by atoms with E-state index in [0.29, 0.717) is 6.04 Å². The van der Waals surface area contributed by atoms with Crippen LogP contribution in [0.4, 0.5) is 0 Å². The highest BCUT2D eigenvalue weighted by Gasteiger charge is 2.11. The van der Waals surface area contributed by atoms with Crippen LogP contribution in [0.15, 0.2) is 36.2 Å². The van der Waals surface area contributed by atoms with Crippen LogP contribution < -0.4 is 0 Å². The number of nitrogens with zero attached hydrogens (tertiary/aromatic N) is 1. The highest BCUT2D eigenvalue weighted by Crippen LogP contribution is 2.25. The summed E-state index contributed by atoms with van der Waals surface area (Å²) >= 11 is 0. The van der Waals surface area contributed by atoms with E-state index in [4.69, 9.17) is 0 Å². The summed E-state index contributed by atoms with van der Waals surface area (Å²) in [6.45, 7) is 6.95. The van der Waals surface area contributed by atoms with Gasteiger partial charge in [-0.25, -0.2) is 0 Å². The second-order valence-corrected chi connectivity index (χ2v) is 9.12. The molecule has 0 saturated heterocycles. The number of aromatic nitrogens is 1. The molecular weight excluding hydrogens is 350 g/mol. The number of allylic oxidation sites excluding steroid dienone is 2. The van der Waals surface area contributed by atoms with Gasteiger partial charge in [0.25, 0.3) is 0 Å². The smallest absolute Gasteiger partial charge is 0.0537 e. The lowest BCUT2D eigenvalue weighted by Crippen LogP contribution is -2.08. The summed E-state index contributed by atoms with van der Waals surface area (Å²) in [6, 6.07) is 4.90. The molecule has 0 N–H and O–H groups in total. The minimum absolute atomic E-state index is 0.569. The van der Waals surface area contributed by atoms with Crippen molar-refractivity contribution in [3.63, 3.8) is 0 Å². The molecule has 0 aromatic carbocycles. The number of hydrogen-bond acceptors (Lipinski definition) is 0. The normalized spacial score (nSPS) is 13.1. The second-order valence-electron chi connectivity index (χ2n) is 9.12. The molecule has 0 saturated carbocycles. The average molecular weight is 402 g/mol. The van der Waals surface area contributed by atoms with E-state index >= 15 is 0 Å². The fraction of sp³-hybridized carbons (Fsp3) is 0.786. The van der Waals surface area contributed by atoms with Gasteiger partial charge in [0.1, 0.15) is 0 Å². The van der Waals surface area contributed by atoms with Gasteiger partial charge in [-0.2, -0.15) is 0 Å². The van der Waals surface area contributed by atoms with Crippen molar-refractivity contribution >= 4 is 0 Å². The van der Waals surface area contributed by atoms with E-state index in [9.17, 15) is 0 Å². The van der Waals surface area contributed by atoms with Gasteiger partial charge >= 0.3 is 0 Å². The van der Waals surface area contributed by atoms with E-state index in [1.807, 2.05) is 0 Å². The van der Waals surface area contributed by atoms with Crippen molar-refractivity contribution in [2.45, 2.75) is 142 Å². The van der Waals surface area contributed by atoms with Crippen molar-refractivity contribution in [1.82, 2.24) is 4.57 Å². The molecule has 168 valence electrons. The van der Waals surface area contributed by atoms with Gasteiger partial charge < -0.3 is 4.57 Å². The molecule has 1 unspecified atom stereocenters. The first-order valence-electron chi connectivity index (χ1n) is 13.1. The van der Waals surface area contributed by atoms with Crippen LogP contribution in [0.3, 0.4) is 0 Å². The van der Waals surface area contributed by atoms with Crippen molar-refractivity contribution < 1.29 is 0 Å². The fourth-order valence-electron chi connectivity index (χ4n) is 4.38. The minimum atomic E-state index is 0.569.